The maximum absolute atomic E-state index is 13.0. The molecule has 1 aliphatic rings. The van der Waals surface area contributed by atoms with Crippen LogP contribution in [0.2, 0.25) is 0 Å². The minimum Gasteiger partial charge on any atom is -0.292 e. The van der Waals surface area contributed by atoms with E-state index in [4.69, 9.17) is 0 Å². The summed E-state index contributed by atoms with van der Waals surface area (Å²) in [6.45, 7) is 0.408. The van der Waals surface area contributed by atoms with Crippen molar-refractivity contribution >= 4 is 22.6 Å². The van der Waals surface area contributed by atoms with Crippen LogP contribution in [0.5, 0.6) is 0 Å². The molecule has 0 aliphatic carbocycles. The highest BCUT2D eigenvalue weighted by Gasteiger charge is 2.31. The third-order valence-electron chi connectivity index (χ3n) is 4.39. The maximum atomic E-state index is 13.0. The summed E-state index contributed by atoms with van der Waals surface area (Å²) < 4.78 is 53.3. The van der Waals surface area contributed by atoms with Crippen LogP contribution in [0.1, 0.15) is 23.4 Å². The van der Waals surface area contributed by atoms with Crippen LogP contribution in [-0.2, 0) is 12.7 Å². The van der Waals surface area contributed by atoms with Gasteiger partial charge >= 0.3 is 6.18 Å². The number of hydrogen-bond acceptors (Lipinski definition) is 2. The standard InChI is InChI=1S/C19H12F4N2O/c20-14-4-1-11(2-5-14)9-12-7-8-25-17(12)24-16-10-13(19(21,22)23)3-6-15(16)18(25)26/h1-6,9-10H,7-8H2. The summed E-state index contributed by atoms with van der Waals surface area (Å²) in [5.41, 5.74) is 0.273. The molecule has 0 amide bonds. The van der Waals surface area contributed by atoms with Crippen molar-refractivity contribution in [3.63, 3.8) is 0 Å². The maximum Gasteiger partial charge on any atom is 0.416 e. The molecule has 1 aliphatic heterocycles. The zero-order valence-electron chi connectivity index (χ0n) is 13.3. The van der Waals surface area contributed by atoms with Gasteiger partial charge in [-0.25, -0.2) is 9.37 Å². The van der Waals surface area contributed by atoms with Crippen LogP contribution in [0.3, 0.4) is 0 Å². The smallest absolute Gasteiger partial charge is 0.292 e. The topological polar surface area (TPSA) is 34.9 Å². The van der Waals surface area contributed by atoms with Gasteiger partial charge in [0.05, 0.1) is 16.5 Å². The van der Waals surface area contributed by atoms with Crippen molar-refractivity contribution in [3.8, 4) is 0 Å². The zero-order valence-corrected chi connectivity index (χ0v) is 13.3. The molecule has 26 heavy (non-hydrogen) atoms. The lowest BCUT2D eigenvalue weighted by Gasteiger charge is -2.09. The fourth-order valence-corrected chi connectivity index (χ4v) is 3.09. The summed E-state index contributed by atoms with van der Waals surface area (Å²) in [5.74, 6) is -0.00913. The monoisotopic (exact) mass is 360 g/mol. The van der Waals surface area contributed by atoms with Gasteiger partial charge < -0.3 is 0 Å². The van der Waals surface area contributed by atoms with E-state index in [0.29, 0.717) is 18.8 Å². The van der Waals surface area contributed by atoms with Crippen LogP contribution in [0.15, 0.2) is 47.3 Å². The van der Waals surface area contributed by atoms with Gasteiger partial charge in [-0.1, -0.05) is 12.1 Å². The Balaban J connectivity index is 1.87. The Morgan fingerprint density at radius 1 is 1.08 bits per heavy atom. The first kappa shape index (κ1) is 16.5. The molecule has 2 aromatic carbocycles. The molecule has 2 heterocycles. The number of aromatic nitrogens is 2. The molecular weight excluding hydrogens is 348 g/mol. The normalized spacial score (nSPS) is 15.6. The van der Waals surface area contributed by atoms with Gasteiger partial charge in [0, 0.05) is 6.54 Å². The largest absolute Gasteiger partial charge is 0.416 e. The third kappa shape index (κ3) is 2.79. The summed E-state index contributed by atoms with van der Waals surface area (Å²) in [6, 6.07) is 8.77. The van der Waals surface area contributed by atoms with E-state index in [1.165, 1.54) is 22.8 Å². The van der Waals surface area contributed by atoms with Crippen LogP contribution in [-0.4, -0.2) is 9.55 Å². The highest BCUT2D eigenvalue weighted by Crippen LogP contribution is 2.32. The first-order chi connectivity index (χ1) is 12.3. The highest BCUT2D eigenvalue weighted by atomic mass is 19.4. The van der Waals surface area contributed by atoms with Crippen molar-refractivity contribution in [3.05, 3.63) is 75.6 Å². The summed E-state index contributed by atoms with van der Waals surface area (Å²) in [6.07, 6.45) is -2.20. The second kappa shape index (κ2) is 5.79. The second-order valence-electron chi connectivity index (χ2n) is 6.09. The minimum absolute atomic E-state index is 0.0166. The third-order valence-corrected chi connectivity index (χ3v) is 4.39. The SMILES string of the molecule is O=c1c2ccc(C(F)(F)F)cc2nc2n1CCC2=Cc1ccc(F)cc1. The average Bonchev–Trinajstić information content (AvgIpc) is 2.99. The van der Waals surface area contributed by atoms with Crippen molar-refractivity contribution in [1.29, 1.82) is 0 Å². The van der Waals surface area contributed by atoms with Crippen LogP contribution in [0.25, 0.3) is 22.6 Å². The summed E-state index contributed by atoms with van der Waals surface area (Å²) in [5, 5.41) is 0.157. The Morgan fingerprint density at radius 2 is 1.81 bits per heavy atom. The average molecular weight is 360 g/mol. The number of nitrogens with zero attached hydrogens (tertiary/aromatic N) is 2. The summed E-state index contributed by atoms with van der Waals surface area (Å²) in [4.78, 5) is 16.9. The molecule has 3 aromatic rings. The molecule has 0 spiro atoms. The number of allylic oxidation sites excluding steroid dienone is 1. The van der Waals surface area contributed by atoms with E-state index in [1.54, 1.807) is 18.2 Å². The zero-order chi connectivity index (χ0) is 18.5. The predicted molar refractivity (Wildman–Crippen MR) is 89.9 cm³/mol. The van der Waals surface area contributed by atoms with Crippen LogP contribution < -0.4 is 5.56 Å². The number of alkyl halides is 3. The van der Waals surface area contributed by atoms with Gasteiger partial charge in [-0.3, -0.25) is 9.36 Å². The fraction of sp³-hybridized carbons (Fsp3) is 0.158. The van der Waals surface area contributed by atoms with E-state index in [0.717, 1.165) is 23.3 Å². The van der Waals surface area contributed by atoms with Gasteiger partial charge in [0.25, 0.3) is 5.56 Å². The van der Waals surface area contributed by atoms with E-state index in [1.807, 2.05) is 0 Å². The van der Waals surface area contributed by atoms with E-state index >= 15 is 0 Å². The molecule has 0 bridgehead atoms. The molecule has 7 heteroatoms. The Morgan fingerprint density at radius 3 is 2.50 bits per heavy atom. The van der Waals surface area contributed by atoms with E-state index < -0.39 is 11.7 Å². The van der Waals surface area contributed by atoms with E-state index in [9.17, 15) is 22.4 Å². The number of benzene rings is 2. The second-order valence-corrected chi connectivity index (χ2v) is 6.09. The number of halogens is 4. The lowest BCUT2D eigenvalue weighted by molar-refractivity contribution is -0.137. The highest BCUT2D eigenvalue weighted by molar-refractivity contribution is 5.85. The Hall–Kier alpha value is -2.96. The van der Waals surface area contributed by atoms with Crippen molar-refractivity contribution in [1.82, 2.24) is 9.55 Å². The van der Waals surface area contributed by atoms with E-state index in [2.05, 4.69) is 4.98 Å². The van der Waals surface area contributed by atoms with Crippen LogP contribution in [0.4, 0.5) is 17.6 Å². The van der Waals surface area contributed by atoms with Crippen molar-refractivity contribution in [2.75, 3.05) is 0 Å². The van der Waals surface area contributed by atoms with Gasteiger partial charge in [0.2, 0.25) is 0 Å². The first-order valence-electron chi connectivity index (χ1n) is 7.91. The summed E-state index contributed by atoms with van der Waals surface area (Å²) >= 11 is 0. The molecule has 0 unspecified atom stereocenters. The molecule has 4 rings (SSSR count). The van der Waals surface area contributed by atoms with Crippen LogP contribution >= 0.6 is 0 Å². The predicted octanol–water partition coefficient (Wildman–Crippen LogP) is 4.50. The Kier molecular flexibility index (Phi) is 3.68. The fourth-order valence-electron chi connectivity index (χ4n) is 3.09. The molecule has 1 aromatic heterocycles. The molecule has 0 atom stereocenters. The first-order valence-corrected chi connectivity index (χ1v) is 7.91. The van der Waals surface area contributed by atoms with Gasteiger partial charge in [-0.05, 0) is 54.0 Å². The lowest BCUT2D eigenvalue weighted by Crippen LogP contribution is -2.21. The Bertz CT molecular complexity index is 1100. The molecule has 0 fully saturated rings. The minimum atomic E-state index is -4.50. The molecule has 0 saturated carbocycles. The quantitative estimate of drug-likeness (QED) is 0.599. The van der Waals surface area contributed by atoms with Gasteiger partial charge in [-0.2, -0.15) is 13.2 Å². The van der Waals surface area contributed by atoms with Crippen LogP contribution in [0, 0.1) is 5.82 Å². The Labute approximate surface area is 145 Å². The van der Waals surface area contributed by atoms with E-state index in [-0.39, 0.29) is 22.3 Å². The van der Waals surface area contributed by atoms with Crippen molar-refractivity contribution < 1.29 is 17.6 Å². The molecular formula is C19H12F4N2O. The molecule has 3 nitrogen and oxygen atoms in total. The lowest BCUT2D eigenvalue weighted by atomic mass is 10.1. The van der Waals surface area contributed by atoms with Gasteiger partial charge in [0.15, 0.2) is 0 Å². The summed E-state index contributed by atoms with van der Waals surface area (Å²) in [7, 11) is 0. The van der Waals surface area contributed by atoms with Gasteiger partial charge in [-0.15, -0.1) is 0 Å². The number of rotatable bonds is 1. The number of hydrogen-bond donors (Lipinski definition) is 0. The number of fused-ring (bicyclic) bond motifs is 2. The molecule has 0 saturated heterocycles. The van der Waals surface area contributed by atoms with Crippen molar-refractivity contribution in [2.45, 2.75) is 19.1 Å². The van der Waals surface area contributed by atoms with Gasteiger partial charge in [0.1, 0.15) is 11.6 Å². The molecule has 0 N–H and O–H groups in total. The molecule has 0 radical (unpaired) electrons. The molecule has 132 valence electrons. The van der Waals surface area contributed by atoms with Crippen molar-refractivity contribution in [2.24, 2.45) is 0 Å².